The van der Waals surface area contributed by atoms with Crippen LogP contribution < -0.4 is 10.1 Å². The summed E-state index contributed by atoms with van der Waals surface area (Å²) in [7, 11) is 1.64. The van der Waals surface area contributed by atoms with Gasteiger partial charge in [0.1, 0.15) is 5.75 Å². The number of nitrogens with one attached hydrogen (secondary N) is 1. The second-order valence-corrected chi connectivity index (χ2v) is 6.53. The Hall–Kier alpha value is -3.34. The van der Waals surface area contributed by atoms with Gasteiger partial charge in [-0.3, -0.25) is 4.79 Å². The molecule has 0 saturated heterocycles. The molecule has 4 rings (SSSR count). The Bertz CT molecular complexity index is 977. The van der Waals surface area contributed by atoms with Gasteiger partial charge in [0.2, 0.25) is 5.91 Å². The maximum atomic E-state index is 12.4. The van der Waals surface area contributed by atoms with E-state index in [4.69, 9.17) is 4.74 Å². The molecule has 136 valence electrons. The summed E-state index contributed by atoms with van der Waals surface area (Å²) in [6, 6.07) is 14.2. The van der Waals surface area contributed by atoms with Crippen molar-refractivity contribution in [2.45, 2.75) is 18.9 Å². The van der Waals surface area contributed by atoms with E-state index in [1.54, 1.807) is 25.7 Å². The van der Waals surface area contributed by atoms with Crippen molar-refractivity contribution in [1.29, 1.82) is 0 Å². The molecule has 5 nitrogen and oxygen atoms in total. The van der Waals surface area contributed by atoms with Crippen LogP contribution in [0.5, 0.6) is 5.75 Å². The van der Waals surface area contributed by atoms with Gasteiger partial charge in [-0.2, -0.15) is 0 Å². The Balaban J connectivity index is 1.48. The van der Waals surface area contributed by atoms with E-state index in [9.17, 15) is 4.79 Å². The normalized spacial score (nSPS) is 15.7. The van der Waals surface area contributed by atoms with E-state index in [2.05, 4.69) is 22.4 Å². The molecule has 1 atom stereocenters. The molecule has 0 bridgehead atoms. The Morgan fingerprint density at radius 1 is 1.30 bits per heavy atom. The van der Waals surface area contributed by atoms with E-state index in [0.29, 0.717) is 0 Å². The van der Waals surface area contributed by atoms with Crippen molar-refractivity contribution in [3.8, 4) is 11.4 Å². The first-order valence-corrected chi connectivity index (χ1v) is 8.97. The third-order valence-corrected chi connectivity index (χ3v) is 4.86. The predicted molar refractivity (Wildman–Crippen MR) is 105 cm³/mol. The zero-order valence-corrected chi connectivity index (χ0v) is 15.1. The highest BCUT2D eigenvalue weighted by Gasteiger charge is 2.22. The monoisotopic (exact) mass is 359 g/mol. The van der Waals surface area contributed by atoms with E-state index >= 15 is 0 Å². The SMILES string of the molecule is COc1ccc(C=CC(=O)NC2CCc3ccccc32)cc1-n1ccnc1. The van der Waals surface area contributed by atoms with E-state index < -0.39 is 0 Å². The van der Waals surface area contributed by atoms with Gasteiger partial charge in [-0.1, -0.05) is 30.3 Å². The second kappa shape index (κ2) is 7.50. The van der Waals surface area contributed by atoms with Crippen LogP contribution in [0.1, 0.15) is 29.2 Å². The summed E-state index contributed by atoms with van der Waals surface area (Å²) in [4.78, 5) is 16.5. The van der Waals surface area contributed by atoms with Crippen LogP contribution in [0, 0.1) is 0 Å². The molecule has 1 unspecified atom stereocenters. The van der Waals surface area contributed by atoms with E-state index in [-0.39, 0.29) is 11.9 Å². The first-order chi connectivity index (χ1) is 13.2. The highest BCUT2D eigenvalue weighted by molar-refractivity contribution is 5.92. The zero-order chi connectivity index (χ0) is 18.6. The fourth-order valence-corrected chi connectivity index (χ4v) is 3.51. The molecule has 1 amide bonds. The van der Waals surface area contributed by atoms with Gasteiger partial charge < -0.3 is 14.6 Å². The molecule has 1 aliphatic rings. The van der Waals surface area contributed by atoms with Gasteiger partial charge in [-0.15, -0.1) is 0 Å². The summed E-state index contributed by atoms with van der Waals surface area (Å²) in [5, 5.41) is 3.10. The molecule has 0 saturated carbocycles. The largest absolute Gasteiger partial charge is 0.495 e. The maximum Gasteiger partial charge on any atom is 0.244 e. The Kier molecular flexibility index (Phi) is 4.75. The molecular weight excluding hydrogens is 338 g/mol. The Labute approximate surface area is 158 Å². The predicted octanol–water partition coefficient (Wildman–Crippen LogP) is 3.70. The molecule has 0 aliphatic heterocycles. The van der Waals surface area contributed by atoms with Crippen LogP contribution >= 0.6 is 0 Å². The number of aryl methyl sites for hydroxylation is 1. The summed E-state index contributed by atoms with van der Waals surface area (Å²) >= 11 is 0. The highest BCUT2D eigenvalue weighted by Crippen LogP contribution is 2.30. The van der Waals surface area contributed by atoms with Crippen molar-refractivity contribution < 1.29 is 9.53 Å². The van der Waals surface area contributed by atoms with Crippen LogP contribution in [-0.2, 0) is 11.2 Å². The molecule has 0 radical (unpaired) electrons. The number of imidazole rings is 1. The summed E-state index contributed by atoms with van der Waals surface area (Å²) in [6.07, 6.45) is 10.7. The lowest BCUT2D eigenvalue weighted by Gasteiger charge is -2.12. The van der Waals surface area contributed by atoms with Crippen LogP contribution in [0.2, 0.25) is 0 Å². The fourth-order valence-electron chi connectivity index (χ4n) is 3.51. The van der Waals surface area contributed by atoms with Gasteiger partial charge in [0.15, 0.2) is 0 Å². The average molecular weight is 359 g/mol. The third kappa shape index (κ3) is 3.62. The van der Waals surface area contributed by atoms with Crippen LogP contribution in [-0.4, -0.2) is 22.6 Å². The highest BCUT2D eigenvalue weighted by atomic mass is 16.5. The van der Waals surface area contributed by atoms with Gasteiger partial charge >= 0.3 is 0 Å². The van der Waals surface area contributed by atoms with Gasteiger partial charge in [-0.25, -0.2) is 4.98 Å². The molecule has 1 heterocycles. The van der Waals surface area contributed by atoms with Gasteiger partial charge in [-0.05, 0) is 47.7 Å². The molecule has 1 N–H and O–H groups in total. The first-order valence-electron chi connectivity index (χ1n) is 8.97. The number of rotatable bonds is 5. The number of nitrogens with zero attached hydrogens (tertiary/aromatic N) is 2. The van der Waals surface area contributed by atoms with E-state index in [0.717, 1.165) is 29.8 Å². The number of hydrogen-bond donors (Lipinski definition) is 1. The van der Waals surface area contributed by atoms with Crippen LogP contribution in [0.4, 0.5) is 0 Å². The lowest BCUT2D eigenvalue weighted by Crippen LogP contribution is -2.25. The molecular formula is C22H21N3O2. The molecule has 5 heteroatoms. The van der Waals surface area contributed by atoms with E-state index in [1.165, 1.54) is 11.1 Å². The quantitative estimate of drug-likeness (QED) is 0.707. The molecule has 1 aromatic heterocycles. The summed E-state index contributed by atoms with van der Waals surface area (Å²) in [5.41, 5.74) is 4.35. The van der Waals surface area contributed by atoms with Crippen LogP contribution in [0.25, 0.3) is 11.8 Å². The summed E-state index contributed by atoms with van der Waals surface area (Å²) in [5.74, 6) is 0.661. The van der Waals surface area contributed by atoms with Crippen molar-refractivity contribution in [3.05, 3.63) is 84.0 Å². The molecule has 0 spiro atoms. The number of carbonyl (C=O) groups is 1. The smallest absolute Gasteiger partial charge is 0.244 e. The van der Waals surface area contributed by atoms with Gasteiger partial charge in [0.05, 0.1) is 25.2 Å². The maximum absolute atomic E-state index is 12.4. The van der Waals surface area contributed by atoms with Crippen LogP contribution in [0.15, 0.2) is 67.3 Å². The first kappa shape index (κ1) is 17.1. The lowest BCUT2D eigenvalue weighted by atomic mass is 10.1. The van der Waals surface area contributed by atoms with Gasteiger partial charge in [0.25, 0.3) is 0 Å². The van der Waals surface area contributed by atoms with Crippen LogP contribution in [0.3, 0.4) is 0 Å². The van der Waals surface area contributed by atoms with Crippen molar-refractivity contribution in [1.82, 2.24) is 14.9 Å². The standard InChI is InChI=1S/C22H21N3O2/c1-27-21-10-6-16(14-20(21)25-13-12-23-15-25)7-11-22(26)24-19-9-8-17-4-2-3-5-18(17)19/h2-7,10-15,19H,8-9H2,1H3,(H,24,26). The Morgan fingerprint density at radius 3 is 3.00 bits per heavy atom. The molecule has 27 heavy (non-hydrogen) atoms. The molecule has 2 aromatic carbocycles. The minimum atomic E-state index is -0.0864. The lowest BCUT2D eigenvalue weighted by molar-refractivity contribution is -0.117. The average Bonchev–Trinajstić information content (AvgIpc) is 3.37. The number of benzene rings is 2. The Morgan fingerprint density at radius 2 is 2.19 bits per heavy atom. The summed E-state index contributed by atoms with van der Waals surface area (Å²) < 4.78 is 7.30. The van der Waals surface area contributed by atoms with Crippen molar-refractivity contribution in [2.75, 3.05) is 7.11 Å². The minimum Gasteiger partial charge on any atom is -0.495 e. The number of hydrogen-bond acceptors (Lipinski definition) is 3. The molecule has 3 aromatic rings. The fraction of sp³-hybridized carbons (Fsp3) is 0.182. The number of amides is 1. The number of carbonyl (C=O) groups excluding carboxylic acids is 1. The van der Waals surface area contributed by atoms with Crippen molar-refractivity contribution >= 4 is 12.0 Å². The number of fused-ring (bicyclic) bond motifs is 1. The van der Waals surface area contributed by atoms with Crippen molar-refractivity contribution in [3.63, 3.8) is 0 Å². The second-order valence-electron chi connectivity index (χ2n) is 6.53. The number of ether oxygens (including phenoxy) is 1. The third-order valence-electron chi connectivity index (χ3n) is 4.86. The topological polar surface area (TPSA) is 56.1 Å². The number of methoxy groups -OCH3 is 1. The molecule has 1 aliphatic carbocycles. The van der Waals surface area contributed by atoms with Gasteiger partial charge in [0, 0.05) is 18.5 Å². The number of aromatic nitrogens is 2. The zero-order valence-electron chi connectivity index (χ0n) is 15.1. The summed E-state index contributed by atoms with van der Waals surface area (Å²) in [6.45, 7) is 0. The minimum absolute atomic E-state index is 0.0864. The van der Waals surface area contributed by atoms with Crippen molar-refractivity contribution in [2.24, 2.45) is 0 Å². The van der Waals surface area contributed by atoms with E-state index in [1.807, 2.05) is 47.2 Å². The molecule has 0 fully saturated rings.